The van der Waals surface area contributed by atoms with Gasteiger partial charge in [0.1, 0.15) is 11.5 Å². The molecule has 0 aliphatic carbocycles. The first-order valence-electron chi connectivity index (χ1n) is 8.39. The SMILES string of the molecule is COc1cc(C)c(C(=O)P2(=S)C3CCCCC2CC3)c(OC)c1. The molecule has 0 N–H and O–H groups in total. The van der Waals surface area contributed by atoms with Crippen molar-refractivity contribution in [2.75, 3.05) is 14.2 Å². The second kappa shape index (κ2) is 6.57. The number of aryl methyl sites for hydroxylation is 1. The topological polar surface area (TPSA) is 35.5 Å². The van der Waals surface area contributed by atoms with Crippen LogP contribution in [0.25, 0.3) is 0 Å². The average Bonchev–Trinajstić information content (AvgIpc) is 2.74. The first-order chi connectivity index (χ1) is 11.0. The number of benzene rings is 1. The van der Waals surface area contributed by atoms with Gasteiger partial charge in [-0.1, -0.05) is 24.6 Å². The Hall–Kier alpha value is -0.860. The molecule has 0 spiro atoms. The number of carbonyl (C=O) groups excluding carboxylic acids is 1. The van der Waals surface area contributed by atoms with Gasteiger partial charge in [-0.15, -0.1) is 0 Å². The van der Waals surface area contributed by atoms with Crippen LogP contribution < -0.4 is 9.47 Å². The van der Waals surface area contributed by atoms with E-state index in [9.17, 15) is 4.79 Å². The van der Waals surface area contributed by atoms with Crippen molar-refractivity contribution in [2.24, 2.45) is 0 Å². The van der Waals surface area contributed by atoms with Crippen molar-refractivity contribution in [3.63, 3.8) is 0 Å². The molecule has 126 valence electrons. The average molecular weight is 352 g/mol. The summed E-state index contributed by atoms with van der Waals surface area (Å²) in [5.41, 5.74) is 2.72. The molecule has 2 unspecified atom stereocenters. The predicted molar refractivity (Wildman–Crippen MR) is 98.2 cm³/mol. The minimum Gasteiger partial charge on any atom is -0.497 e. The van der Waals surface area contributed by atoms with E-state index in [1.165, 1.54) is 12.8 Å². The molecule has 0 amide bonds. The minimum atomic E-state index is -2.06. The Kier molecular flexibility index (Phi) is 4.85. The summed E-state index contributed by atoms with van der Waals surface area (Å²) in [7, 11) is 3.24. The molecule has 0 radical (unpaired) electrons. The van der Waals surface area contributed by atoms with Gasteiger partial charge in [-0.3, -0.25) is 4.79 Å². The summed E-state index contributed by atoms with van der Waals surface area (Å²) in [6.07, 6.45) is 7.02. The van der Waals surface area contributed by atoms with Gasteiger partial charge in [-0.2, -0.15) is 0 Å². The molecule has 2 fully saturated rings. The van der Waals surface area contributed by atoms with Crippen LogP contribution in [0.2, 0.25) is 0 Å². The lowest BCUT2D eigenvalue weighted by Gasteiger charge is -2.27. The van der Waals surface area contributed by atoms with Crippen LogP contribution in [-0.4, -0.2) is 31.1 Å². The van der Waals surface area contributed by atoms with Gasteiger partial charge in [0.15, 0.2) is 5.52 Å². The van der Waals surface area contributed by atoms with Gasteiger partial charge in [0, 0.05) is 12.1 Å². The van der Waals surface area contributed by atoms with Gasteiger partial charge in [0.2, 0.25) is 0 Å². The molecule has 2 bridgehead atoms. The quantitative estimate of drug-likeness (QED) is 0.734. The lowest BCUT2D eigenvalue weighted by Crippen LogP contribution is -2.16. The van der Waals surface area contributed by atoms with Crippen molar-refractivity contribution in [1.82, 2.24) is 0 Å². The highest BCUT2D eigenvalue weighted by atomic mass is 32.4. The maximum absolute atomic E-state index is 13.6. The van der Waals surface area contributed by atoms with Crippen LogP contribution in [0.5, 0.6) is 11.5 Å². The highest BCUT2D eigenvalue weighted by molar-refractivity contribution is 8.23. The molecule has 5 heteroatoms. The summed E-state index contributed by atoms with van der Waals surface area (Å²) < 4.78 is 10.8. The number of rotatable bonds is 4. The number of hydrogen-bond donors (Lipinski definition) is 0. The van der Waals surface area contributed by atoms with E-state index in [1.54, 1.807) is 20.3 Å². The van der Waals surface area contributed by atoms with Crippen molar-refractivity contribution in [1.29, 1.82) is 0 Å². The lowest BCUT2D eigenvalue weighted by molar-refractivity contribution is 0.107. The third kappa shape index (κ3) is 2.74. The number of ether oxygens (including phenoxy) is 2. The standard InChI is InChI=1S/C18H25O3PS/c1-12-10-13(20-2)11-16(21-3)17(12)18(19)22(23)14-6-4-5-7-15(22)9-8-14/h10-11,14-15H,4-9H2,1-3H3. The molecule has 23 heavy (non-hydrogen) atoms. The van der Waals surface area contributed by atoms with Crippen LogP contribution in [0.15, 0.2) is 12.1 Å². The molecule has 2 aliphatic rings. The van der Waals surface area contributed by atoms with Gasteiger partial charge < -0.3 is 9.47 Å². The largest absolute Gasteiger partial charge is 0.497 e. The summed E-state index contributed by atoms with van der Waals surface area (Å²) in [4.78, 5) is 13.6. The first kappa shape index (κ1) is 17.0. The normalized spacial score (nSPS) is 29.9. The van der Waals surface area contributed by atoms with Gasteiger partial charge in [0.05, 0.1) is 19.8 Å². The molecular formula is C18H25O3PS. The van der Waals surface area contributed by atoms with Gasteiger partial charge in [-0.25, -0.2) is 0 Å². The van der Waals surface area contributed by atoms with E-state index in [4.69, 9.17) is 21.3 Å². The molecule has 1 aromatic rings. The highest BCUT2D eigenvalue weighted by Gasteiger charge is 2.48. The maximum Gasteiger partial charge on any atom is 0.198 e. The van der Waals surface area contributed by atoms with E-state index in [2.05, 4.69) is 0 Å². The van der Waals surface area contributed by atoms with Crippen LogP contribution in [0, 0.1) is 6.92 Å². The number of methoxy groups -OCH3 is 2. The Bertz CT molecular complexity index is 652. The summed E-state index contributed by atoms with van der Waals surface area (Å²) in [5.74, 6) is 1.33. The molecule has 2 saturated heterocycles. The zero-order chi connectivity index (χ0) is 16.6. The molecular weight excluding hydrogens is 327 g/mol. The second-order valence-corrected chi connectivity index (χ2v) is 11.8. The Balaban J connectivity index is 2.08. The fourth-order valence-corrected chi connectivity index (χ4v) is 9.91. The molecule has 2 heterocycles. The predicted octanol–water partition coefficient (Wildman–Crippen LogP) is 4.74. The minimum absolute atomic E-state index is 0.207. The van der Waals surface area contributed by atoms with E-state index >= 15 is 0 Å². The van der Waals surface area contributed by atoms with Crippen LogP contribution in [0.3, 0.4) is 0 Å². The Morgan fingerprint density at radius 1 is 1.09 bits per heavy atom. The van der Waals surface area contributed by atoms with Crippen molar-refractivity contribution in [3.05, 3.63) is 23.3 Å². The molecule has 0 saturated carbocycles. The van der Waals surface area contributed by atoms with Crippen molar-refractivity contribution < 1.29 is 14.3 Å². The van der Waals surface area contributed by atoms with Crippen LogP contribution >= 0.6 is 6.04 Å². The summed E-state index contributed by atoms with van der Waals surface area (Å²) >= 11 is 6.16. The summed E-state index contributed by atoms with van der Waals surface area (Å²) in [5, 5.41) is 0. The van der Waals surface area contributed by atoms with E-state index in [0.717, 1.165) is 37.0 Å². The van der Waals surface area contributed by atoms with Crippen LogP contribution in [0.1, 0.15) is 54.4 Å². The molecule has 3 nitrogen and oxygen atoms in total. The summed E-state index contributed by atoms with van der Waals surface area (Å²) in [6.45, 7) is 1.96. The first-order valence-corrected chi connectivity index (χ1v) is 11.3. The number of hydrogen-bond acceptors (Lipinski definition) is 4. The molecule has 1 aromatic carbocycles. The monoisotopic (exact) mass is 352 g/mol. The Labute approximate surface area is 143 Å². The molecule has 0 aromatic heterocycles. The maximum atomic E-state index is 13.6. The van der Waals surface area contributed by atoms with E-state index in [0.29, 0.717) is 22.6 Å². The molecule has 2 aliphatic heterocycles. The fraction of sp³-hybridized carbons (Fsp3) is 0.611. The third-order valence-corrected chi connectivity index (χ3v) is 11.8. The zero-order valence-corrected chi connectivity index (χ0v) is 15.8. The molecule has 2 atom stereocenters. The van der Waals surface area contributed by atoms with Gasteiger partial charge >= 0.3 is 0 Å². The molecule has 3 rings (SSSR count). The van der Waals surface area contributed by atoms with E-state index in [1.807, 2.05) is 13.0 Å². The number of carbonyl (C=O) groups is 1. The Morgan fingerprint density at radius 2 is 1.70 bits per heavy atom. The highest BCUT2D eigenvalue weighted by Crippen LogP contribution is 2.69. The number of fused-ring (bicyclic) bond motifs is 2. The van der Waals surface area contributed by atoms with Gasteiger partial charge in [0.25, 0.3) is 0 Å². The van der Waals surface area contributed by atoms with Crippen molar-refractivity contribution in [3.8, 4) is 11.5 Å². The third-order valence-electron chi connectivity index (χ3n) is 5.50. The van der Waals surface area contributed by atoms with Crippen LogP contribution in [-0.2, 0) is 11.8 Å². The zero-order valence-electron chi connectivity index (χ0n) is 14.1. The van der Waals surface area contributed by atoms with Crippen LogP contribution in [0.4, 0.5) is 0 Å². The smallest absolute Gasteiger partial charge is 0.198 e. The lowest BCUT2D eigenvalue weighted by atomic mass is 10.0. The summed E-state index contributed by atoms with van der Waals surface area (Å²) in [6, 6.07) is 1.66. The van der Waals surface area contributed by atoms with E-state index < -0.39 is 6.04 Å². The van der Waals surface area contributed by atoms with Crippen molar-refractivity contribution >= 4 is 23.4 Å². The van der Waals surface area contributed by atoms with E-state index in [-0.39, 0.29) is 5.52 Å². The Morgan fingerprint density at radius 3 is 2.22 bits per heavy atom. The van der Waals surface area contributed by atoms with Crippen molar-refractivity contribution in [2.45, 2.75) is 56.8 Å². The second-order valence-electron chi connectivity index (χ2n) is 6.71. The fourth-order valence-electron chi connectivity index (χ4n) is 4.28. The van der Waals surface area contributed by atoms with Gasteiger partial charge in [-0.05, 0) is 55.6 Å².